The first kappa shape index (κ1) is 16.4. The Kier molecular flexibility index (Phi) is 4.80. The zero-order chi connectivity index (χ0) is 17.1. The van der Waals surface area contributed by atoms with Crippen LogP contribution >= 0.6 is 0 Å². The molecule has 2 aromatic heterocycles. The van der Waals surface area contributed by atoms with E-state index in [0.717, 1.165) is 36.6 Å². The second kappa shape index (κ2) is 7.00. The number of nitrogens with zero attached hydrogens (tertiary/aromatic N) is 4. The zero-order valence-electron chi connectivity index (χ0n) is 14.1. The number of likely N-dealkylation sites (tertiary alicyclic amines) is 1. The lowest BCUT2D eigenvalue weighted by Crippen LogP contribution is -2.43. The molecular formula is C17H23N5O2. The molecule has 0 bridgehead atoms. The number of nitrogens with one attached hydrogen (secondary N) is 1. The highest BCUT2D eigenvalue weighted by Gasteiger charge is 2.23. The Labute approximate surface area is 141 Å². The average molecular weight is 329 g/mol. The van der Waals surface area contributed by atoms with E-state index in [0.29, 0.717) is 12.2 Å². The van der Waals surface area contributed by atoms with Crippen molar-refractivity contribution in [3.63, 3.8) is 0 Å². The van der Waals surface area contributed by atoms with Crippen LogP contribution in [0.15, 0.2) is 24.4 Å². The van der Waals surface area contributed by atoms with Crippen LogP contribution in [-0.2, 0) is 0 Å². The molecule has 1 aliphatic rings. The number of aryl methyl sites for hydroxylation is 2. The number of rotatable bonds is 3. The minimum Gasteiger partial charge on any atom is -0.396 e. The van der Waals surface area contributed by atoms with Gasteiger partial charge in [-0.1, -0.05) is 0 Å². The van der Waals surface area contributed by atoms with E-state index in [1.165, 1.54) is 0 Å². The molecule has 1 saturated heterocycles. The number of hydrogen-bond acceptors (Lipinski definition) is 4. The molecule has 2 N–H and O–H groups in total. The van der Waals surface area contributed by atoms with E-state index >= 15 is 0 Å². The van der Waals surface area contributed by atoms with E-state index < -0.39 is 0 Å². The van der Waals surface area contributed by atoms with Crippen LogP contribution in [-0.4, -0.2) is 50.5 Å². The van der Waals surface area contributed by atoms with Crippen molar-refractivity contribution in [2.45, 2.75) is 26.7 Å². The molecule has 7 nitrogen and oxygen atoms in total. The third kappa shape index (κ3) is 3.56. The van der Waals surface area contributed by atoms with Gasteiger partial charge in [-0.15, -0.1) is 0 Å². The maximum absolute atomic E-state index is 12.3. The van der Waals surface area contributed by atoms with Gasteiger partial charge < -0.3 is 15.3 Å². The summed E-state index contributed by atoms with van der Waals surface area (Å²) in [6, 6.07) is 5.51. The fraction of sp³-hybridized carbons (Fsp3) is 0.471. The van der Waals surface area contributed by atoms with Crippen LogP contribution < -0.4 is 5.32 Å². The Morgan fingerprint density at radius 2 is 2.25 bits per heavy atom. The summed E-state index contributed by atoms with van der Waals surface area (Å²) in [5.41, 5.74) is 2.60. The molecule has 0 aliphatic carbocycles. The third-order valence-electron chi connectivity index (χ3n) is 4.29. The van der Waals surface area contributed by atoms with Crippen LogP contribution in [0.3, 0.4) is 0 Å². The van der Waals surface area contributed by atoms with Gasteiger partial charge in [0.2, 0.25) is 0 Å². The summed E-state index contributed by atoms with van der Waals surface area (Å²) >= 11 is 0. The minimum absolute atomic E-state index is 0.128. The number of amides is 2. The first-order chi connectivity index (χ1) is 11.6. The number of piperidine rings is 1. The molecule has 1 aliphatic heterocycles. The highest BCUT2D eigenvalue weighted by Crippen LogP contribution is 2.18. The van der Waals surface area contributed by atoms with Gasteiger partial charge in [-0.25, -0.2) is 14.5 Å². The first-order valence-corrected chi connectivity index (χ1v) is 8.23. The fourth-order valence-corrected chi connectivity index (χ4v) is 3.05. The molecule has 128 valence electrons. The number of aromatic nitrogens is 3. The normalized spacial score (nSPS) is 17.8. The second-order valence-corrected chi connectivity index (χ2v) is 6.31. The summed E-state index contributed by atoms with van der Waals surface area (Å²) in [7, 11) is 0. The van der Waals surface area contributed by atoms with Gasteiger partial charge in [0.15, 0.2) is 5.82 Å². The summed E-state index contributed by atoms with van der Waals surface area (Å²) in [5.74, 6) is 0.896. The highest BCUT2D eigenvalue weighted by molar-refractivity contribution is 5.89. The monoisotopic (exact) mass is 329 g/mol. The molecule has 1 unspecified atom stereocenters. The van der Waals surface area contributed by atoms with Crippen molar-refractivity contribution in [3.05, 3.63) is 35.8 Å². The maximum atomic E-state index is 12.3. The highest BCUT2D eigenvalue weighted by atomic mass is 16.3. The molecule has 1 atom stereocenters. The summed E-state index contributed by atoms with van der Waals surface area (Å²) in [4.78, 5) is 18.5. The third-order valence-corrected chi connectivity index (χ3v) is 4.29. The van der Waals surface area contributed by atoms with E-state index in [-0.39, 0.29) is 18.6 Å². The van der Waals surface area contributed by atoms with Gasteiger partial charge in [0.1, 0.15) is 0 Å². The van der Waals surface area contributed by atoms with Crippen molar-refractivity contribution >= 4 is 11.7 Å². The SMILES string of the molecule is Cc1cc(C)n(-c2ccc(NC(=O)N3CCCC(CO)C3)cn2)n1. The smallest absolute Gasteiger partial charge is 0.321 e. The van der Waals surface area contributed by atoms with E-state index in [4.69, 9.17) is 0 Å². The van der Waals surface area contributed by atoms with Gasteiger partial charge in [0, 0.05) is 25.4 Å². The number of anilines is 1. The van der Waals surface area contributed by atoms with E-state index in [1.807, 2.05) is 32.0 Å². The molecule has 2 aromatic rings. The lowest BCUT2D eigenvalue weighted by molar-refractivity contribution is 0.136. The number of aliphatic hydroxyl groups excluding tert-OH is 1. The van der Waals surface area contributed by atoms with E-state index in [9.17, 15) is 9.90 Å². The maximum Gasteiger partial charge on any atom is 0.321 e. The van der Waals surface area contributed by atoms with Gasteiger partial charge in [-0.05, 0) is 50.8 Å². The Hall–Kier alpha value is -2.41. The number of hydrogen-bond donors (Lipinski definition) is 2. The van der Waals surface area contributed by atoms with E-state index in [2.05, 4.69) is 15.4 Å². The largest absolute Gasteiger partial charge is 0.396 e. The summed E-state index contributed by atoms with van der Waals surface area (Å²) < 4.78 is 1.78. The lowest BCUT2D eigenvalue weighted by Gasteiger charge is -2.31. The van der Waals surface area contributed by atoms with Crippen molar-refractivity contribution in [1.82, 2.24) is 19.7 Å². The number of aliphatic hydroxyl groups is 1. The first-order valence-electron chi connectivity index (χ1n) is 8.23. The molecule has 3 rings (SSSR count). The summed E-state index contributed by atoms with van der Waals surface area (Å²) in [5, 5.41) is 16.5. The van der Waals surface area contributed by atoms with Crippen LogP contribution in [0, 0.1) is 19.8 Å². The minimum atomic E-state index is -0.145. The Morgan fingerprint density at radius 1 is 1.42 bits per heavy atom. The lowest BCUT2D eigenvalue weighted by atomic mass is 9.99. The summed E-state index contributed by atoms with van der Waals surface area (Å²) in [6.45, 7) is 5.36. The van der Waals surface area contributed by atoms with Crippen LogP contribution in [0.1, 0.15) is 24.2 Å². The van der Waals surface area contributed by atoms with Gasteiger partial charge >= 0.3 is 6.03 Å². The van der Waals surface area contributed by atoms with Crippen molar-refractivity contribution in [2.75, 3.05) is 25.0 Å². The zero-order valence-corrected chi connectivity index (χ0v) is 14.1. The number of carbonyl (C=O) groups excluding carboxylic acids is 1. The van der Waals surface area contributed by atoms with Crippen molar-refractivity contribution < 1.29 is 9.90 Å². The molecule has 0 saturated carbocycles. The molecule has 3 heterocycles. The molecule has 24 heavy (non-hydrogen) atoms. The Balaban J connectivity index is 1.66. The predicted molar refractivity (Wildman–Crippen MR) is 91.2 cm³/mol. The van der Waals surface area contributed by atoms with E-state index in [1.54, 1.807) is 15.8 Å². The number of urea groups is 1. The van der Waals surface area contributed by atoms with Crippen LogP contribution in [0.5, 0.6) is 0 Å². The van der Waals surface area contributed by atoms with Gasteiger partial charge in [-0.2, -0.15) is 5.10 Å². The van der Waals surface area contributed by atoms with Crippen LogP contribution in [0.25, 0.3) is 5.82 Å². The molecule has 2 amide bonds. The molecule has 7 heteroatoms. The second-order valence-electron chi connectivity index (χ2n) is 6.31. The van der Waals surface area contributed by atoms with Crippen molar-refractivity contribution in [1.29, 1.82) is 0 Å². The number of carbonyl (C=O) groups is 1. The quantitative estimate of drug-likeness (QED) is 0.903. The molecule has 0 radical (unpaired) electrons. The molecule has 0 aromatic carbocycles. The van der Waals surface area contributed by atoms with Gasteiger partial charge in [0.25, 0.3) is 0 Å². The standard InChI is InChI=1S/C17H23N5O2/c1-12-8-13(2)22(20-12)16-6-5-15(9-18-16)19-17(24)21-7-3-4-14(10-21)11-23/h5-6,8-9,14,23H,3-4,7,10-11H2,1-2H3,(H,19,24). The predicted octanol–water partition coefficient (Wildman–Crippen LogP) is 2.12. The van der Waals surface area contributed by atoms with Gasteiger partial charge in [0.05, 0.1) is 17.6 Å². The van der Waals surface area contributed by atoms with Crippen LogP contribution in [0.2, 0.25) is 0 Å². The Morgan fingerprint density at radius 3 is 2.88 bits per heavy atom. The van der Waals surface area contributed by atoms with Gasteiger partial charge in [-0.3, -0.25) is 0 Å². The van der Waals surface area contributed by atoms with Crippen molar-refractivity contribution in [3.8, 4) is 5.82 Å². The number of pyridine rings is 1. The summed E-state index contributed by atoms with van der Waals surface area (Å²) in [6.07, 6.45) is 3.53. The molecule has 0 spiro atoms. The van der Waals surface area contributed by atoms with Crippen LogP contribution in [0.4, 0.5) is 10.5 Å². The average Bonchev–Trinajstić information content (AvgIpc) is 2.94. The molecule has 1 fully saturated rings. The topological polar surface area (TPSA) is 83.3 Å². The molecular weight excluding hydrogens is 306 g/mol. The Bertz CT molecular complexity index is 710. The fourth-order valence-electron chi connectivity index (χ4n) is 3.05. The van der Waals surface area contributed by atoms with Crippen molar-refractivity contribution in [2.24, 2.45) is 5.92 Å².